The molecule has 3 heteroatoms. The maximum absolute atomic E-state index is 10.7. The minimum atomic E-state index is -0.259. The highest BCUT2D eigenvalue weighted by Crippen LogP contribution is 2.51. The van der Waals surface area contributed by atoms with E-state index in [-0.39, 0.29) is 11.9 Å². The maximum atomic E-state index is 10.7. The van der Waals surface area contributed by atoms with Gasteiger partial charge < -0.3 is 11.5 Å². The molecule has 0 spiro atoms. The van der Waals surface area contributed by atoms with Gasteiger partial charge in [0.1, 0.15) is 0 Å². The number of hydrogen-bond donors (Lipinski definition) is 2. The van der Waals surface area contributed by atoms with Crippen molar-refractivity contribution in [2.45, 2.75) is 38.1 Å². The van der Waals surface area contributed by atoms with Crippen LogP contribution < -0.4 is 11.5 Å². The summed E-state index contributed by atoms with van der Waals surface area (Å²) in [6.07, 6.45) is 5.53. The van der Waals surface area contributed by atoms with E-state index in [4.69, 9.17) is 11.5 Å². The predicted molar refractivity (Wildman–Crippen MR) is 50.7 cm³/mol. The van der Waals surface area contributed by atoms with E-state index >= 15 is 0 Å². The van der Waals surface area contributed by atoms with Crippen LogP contribution in [0.2, 0.25) is 0 Å². The molecule has 0 aromatic heterocycles. The summed E-state index contributed by atoms with van der Waals surface area (Å²) in [6.45, 7) is 0. The van der Waals surface area contributed by atoms with Crippen LogP contribution in [0.1, 0.15) is 32.1 Å². The Morgan fingerprint density at radius 1 is 1.31 bits per heavy atom. The van der Waals surface area contributed by atoms with Gasteiger partial charge in [0, 0.05) is 12.5 Å². The quantitative estimate of drug-likeness (QED) is 0.672. The minimum Gasteiger partial charge on any atom is -0.370 e. The lowest BCUT2D eigenvalue weighted by Crippen LogP contribution is -2.36. The van der Waals surface area contributed by atoms with Crippen molar-refractivity contribution in [3.8, 4) is 0 Å². The van der Waals surface area contributed by atoms with Gasteiger partial charge in [-0.2, -0.15) is 0 Å². The van der Waals surface area contributed by atoms with Gasteiger partial charge >= 0.3 is 0 Å². The second kappa shape index (κ2) is 3.29. The molecule has 13 heavy (non-hydrogen) atoms. The van der Waals surface area contributed by atoms with Crippen LogP contribution in [0.5, 0.6) is 0 Å². The number of fused-ring (bicyclic) bond motifs is 1. The highest BCUT2D eigenvalue weighted by Gasteiger charge is 2.43. The van der Waals surface area contributed by atoms with E-state index in [1.165, 1.54) is 25.7 Å². The van der Waals surface area contributed by atoms with E-state index in [0.29, 0.717) is 12.3 Å². The van der Waals surface area contributed by atoms with Gasteiger partial charge in [-0.3, -0.25) is 4.79 Å². The zero-order valence-corrected chi connectivity index (χ0v) is 7.91. The van der Waals surface area contributed by atoms with Crippen LogP contribution in [0.15, 0.2) is 0 Å². The zero-order chi connectivity index (χ0) is 9.42. The molecule has 4 N–H and O–H groups in total. The fourth-order valence-corrected chi connectivity index (χ4v) is 2.68. The summed E-state index contributed by atoms with van der Waals surface area (Å²) >= 11 is 0. The van der Waals surface area contributed by atoms with E-state index in [1.54, 1.807) is 0 Å². The number of carbonyl (C=O) groups is 1. The van der Waals surface area contributed by atoms with E-state index in [1.807, 2.05) is 0 Å². The molecule has 0 saturated heterocycles. The molecule has 0 aromatic carbocycles. The largest absolute Gasteiger partial charge is 0.370 e. The second-order valence-corrected chi connectivity index (χ2v) is 4.66. The molecule has 4 atom stereocenters. The van der Waals surface area contributed by atoms with Gasteiger partial charge in [0.15, 0.2) is 0 Å². The summed E-state index contributed by atoms with van der Waals surface area (Å²) in [6, 6.07) is 0.0130. The van der Waals surface area contributed by atoms with Crippen LogP contribution >= 0.6 is 0 Å². The maximum Gasteiger partial charge on any atom is 0.218 e. The monoisotopic (exact) mass is 182 g/mol. The number of amides is 1. The second-order valence-electron chi connectivity index (χ2n) is 4.66. The van der Waals surface area contributed by atoms with Crippen LogP contribution in [0, 0.1) is 17.8 Å². The minimum absolute atomic E-state index is 0.0130. The first-order valence-electron chi connectivity index (χ1n) is 5.20. The third kappa shape index (κ3) is 2.02. The third-order valence-electron chi connectivity index (χ3n) is 3.63. The molecule has 1 amide bonds. The summed E-state index contributed by atoms with van der Waals surface area (Å²) in [5.41, 5.74) is 11.1. The van der Waals surface area contributed by atoms with E-state index < -0.39 is 0 Å². The molecule has 2 aliphatic carbocycles. The van der Waals surface area contributed by atoms with Crippen molar-refractivity contribution in [1.82, 2.24) is 0 Å². The summed E-state index contributed by atoms with van der Waals surface area (Å²) in [4.78, 5) is 10.7. The number of carbonyl (C=O) groups excluding carboxylic acids is 1. The van der Waals surface area contributed by atoms with Crippen molar-refractivity contribution < 1.29 is 4.79 Å². The lowest BCUT2D eigenvalue weighted by atomic mass is 9.83. The normalized spacial score (nSPS) is 39.3. The molecule has 0 bridgehead atoms. The summed E-state index contributed by atoms with van der Waals surface area (Å²) in [5.74, 6) is 2.22. The van der Waals surface area contributed by atoms with E-state index in [9.17, 15) is 4.79 Å². The highest BCUT2D eigenvalue weighted by atomic mass is 16.1. The third-order valence-corrected chi connectivity index (χ3v) is 3.63. The van der Waals surface area contributed by atoms with Gasteiger partial charge in [-0.1, -0.05) is 0 Å². The van der Waals surface area contributed by atoms with Gasteiger partial charge in [-0.25, -0.2) is 0 Å². The Kier molecular flexibility index (Phi) is 2.28. The molecule has 3 unspecified atom stereocenters. The first-order chi connectivity index (χ1) is 6.16. The Balaban J connectivity index is 1.81. The van der Waals surface area contributed by atoms with E-state index in [0.717, 1.165) is 11.8 Å². The lowest BCUT2D eigenvalue weighted by Gasteiger charge is -2.26. The van der Waals surface area contributed by atoms with Crippen molar-refractivity contribution in [2.24, 2.45) is 29.2 Å². The molecule has 0 aromatic rings. The van der Waals surface area contributed by atoms with Crippen molar-refractivity contribution >= 4 is 5.91 Å². The van der Waals surface area contributed by atoms with Crippen LogP contribution in [0.4, 0.5) is 0 Å². The Morgan fingerprint density at radius 2 is 2.08 bits per heavy atom. The van der Waals surface area contributed by atoms with Crippen LogP contribution in [0.25, 0.3) is 0 Å². The van der Waals surface area contributed by atoms with Crippen LogP contribution in [-0.2, 0) is 4.79 Å². The average molecular weight is 182 g/mol. The zero-order valence-electron chi connectivity index (χ0n) is 7.91. The molecule has 2 saturated carbocycles. The molecular weight excluding hydrogens is 164 g/mol. The SMILES string of the molecule is NC(=O)C[C@H](N)C1CCC2CC2C1. The molecule has 2 rings (SSSR count). The first-order valence-corrected chi connectivity index (χ1v) is 5.20. The molecular formula is C10H18N2O. The molecule has 3 nitrogen and oxygen atoms in total. The van der Waals surface area contributed by atoms with Gasteiger partial charge in [-0.05, 0) is 43.4 Å². The Morgan fingerprint density at radius 3 is 2.69 bits per heavy atom. The Labute approximate surface area is 78.9 Å². The Bertz CT molecular complexity index is 217. The molecule has 0 radical (unpaired) electrons. The van der Waals surface area contributed by atoms with E-state index in [2.05, 4.69) is 0 Å². The Hall–Kier alpha value is -0.570. The molecule has 0 aliphatic heterocycles. The first kappa shape index (κ1) is 9.00. The smallest absolute Gasteiger partial charge is 0.218 e. The van der Waals surface area contributed by atoms with Gasteiger partial charge in [0.2, 0.25) is 5.91 Å². The molecule has 2 fully saturated rings. The van der Waals surface area contributed by atoms with Crippen LogP contribution in [-0.4, -0.2) is 11.9 Å². The molecule has 0 heterocycles. The van der Waals surface area contributed by atoms with Crippen LogP contribution in [0.3, 0.4) is 0 Å². The molecule has 74 valence electrons. The van der Waals surface area contributed by atoms with Crippen molar-refractivity contribution in [2.75, 3.05) is 0 Å². The average Bonchev–Trinajstić information content (AvgIpc) is 2.79. The number of nitrogens with two attached hydrogens (primary N) is 2. The lowest BCUT2D eigenvalue weighted by molar-refractivity contribution is -0.118. The standard InChI is InChI=1S/C10H18N2O/c11-9(5-10(12)13)7-2-1-6-3-8(6)4-7/h6-9H,1-5,11H2,(H2,12,13)/t6?,7?,8?,9-/m0/s1. The summed E-state index contributed by atoms with van der Waals surface area (Å²) < 4.78 is 0. The highest BCUT2D eigenvalue weighted by molar-refractivity contribution is 5.74. The molecule has 2 aliphatic rings. The topological polar surface area (TPSA) is 69.1 Å². The van der Waals surface area contributed by atoms with Gasteiger partial charge in [0.25, 0.3) is 0 Å². The predicted octanol–water partition coefficient (Wildman–Crippen LogP) is 0.625. The fraction of sp³-hybridized carbons (Fsp3) is 0.900. The van der Waals surface area contributed by atoms with Crippen molar-refractivity contribution in [1.29, 1.82) is 0 Å². The number of rotatable bonds is 3. The summed E-state index contributed by atoms with van der Waals surface area (Å²) in [5, 5.41) is 0. The van der Waals surface area contributed by atoms with Gasteiger partial charge in [0.05, 0.1) is 0 Å². The van der Waals surface area contributed by atoms with Crippen molar-refractivity contribution in [3.63, 3.8) is 0 Å². The number of primary amides is 1. The fourth-order valence-electron chi connectivity index (χ4n) is 2.68. The summed E-state index contributed by atoms with van der Waals surface area (Å²) in [7, 11) is 0. The van der Waals surface area contributed by atoms with Gasteiger partial charge in [-0.15, -0.1) is 0 Å². The number of hydrogen-bond acceptors (Lipinski definition) is 2. The van der Waals surface area contributed by atoms with Crippen molar-refractivity contribution in [3.05, 3.63) is 0 Å².